The Kier molecular flexibility index (Phi) is 11.5. The summed E-state index contributed by atoms with van der Waals surface area (Å²) in [6, 6.07) is 11.0. The Hall–Kier alpha value is -2.76. The summed E-state index contributed by atoms with van der Waals surface area (Å²) < 4.78 is 67.0. The zero-order valence-electron chi connectivity index (χ0n) is 22.1. The van der Waals surface area contributed by atoms with E-state index in [1.807, 2.05) is 6.07 Å². The minimum Gasteiger partial charge on any atom is -0.334 e. The summed E-state index contributed by atoms with van der Waals surface area (Å²) in [4.78, 5) is 3.67. The highest BCUT2D eigenvalue weighted by molar-refractivity contribution is 7.92. The first kappa shape index (κ1) is 30.8. The Labute approximate surface area is 227 Å². The molecule has 1 aromatic heterocycles. The van der Waals surface area contributed by atoms with E-state index in [-0.39, 0.29) is 6.42 Å². The van der Waals surface area contributed by atoms with Crippen LogP contribution >= 0.6 is 0 Å². The van der Waals surface area contributed by atoms with E-state index in [1.54, 1.807) is 18.2 Å². The summed E-state index contributed by atoms with van der Waals surface area (Å²) in [5.41, 5.74) is -1.27. The maximum Gasteiger partial charge on any atom is 0.501 e. The van der Waals surface area contributed by atoms with Crippen LogP contribution in [0.2, 0.25) is 0 Å². The van der Waals surface area contributed by atoms with Crippen molar-refractivity contribution in [2.75, 3.05) is 0 Å². The van der Waals surface area contributed by atoms with E-state index >= 15 is 0 Å². The molecule has 0 saturated carbocycles. The Morgan fingerprint density at radius 3 is 2.21 bits per heavy atom. The first-order valence-corrected chi connectivity index (χ1v) is 14.9. The molecule has 11 heteroatoms. The van der Waals surface area contributed by atoms with Crippen molar-refractivity contribution in [2.45, 2.75) is 94.0 Å². The summed E-state index contributed by atoms with van der Waals surface area (Å²) in [5, 5.41) is 13.9. The van der Waals surface area contributed by atoms with Crippen molar-refractivity contribution in [3.8, 4) is 11.5 Å². The van der Waals surface area contributed by atoms with E-state index in [0.717, 1.165) is 31.4 Å². The van der Waals surface area contributed by atoms with Crippen molar-refractivity contribution in [2.24, 2.45) is 0 Å². The van der Waals surface area contributed by atoms with Crippen LogP contribution in [0.15, 0.2) is 57.9 Å². The second-order valence-corrected chi connectivity index (χ2v) is 11.6. The summed E-state index contributed by atoms with van der Waals surface area (Å²) in [6.07, 6.45) is 12.0. The molecule has 214 valence electrons. The van der Waals surface area contributed by atoms with E-state index < -0.39 is 26.3 Å². The molecule has 2 aromatic carbocycles. The number of halogens is 3. The van der Waals surface area contributed by atoms with Gasteiger partial charge in [-0.25, -0.2) is 8.42 Å². The lowest BCUT2D eigenvalue weighted by Gasteiger charge is -2.16. The number of hydroxylamine groups is 1. The molecule has 1 unspecified atom stereocenters. The number of aromatic nitrogens is 2. The molecule has 0 saturated heterocycles. The number of rotatable bonds is 16. The molecule has 0 aliphatic rings. The molecule has 0 fully saturated rings. The minimum absolute atomic E-state index is 0.194. The highest BCUT2D eigenvalue weighted by Crippen LogP contribution is 2.31. The molecule has 0 aliphatic heterocycles. The normalized spacial score (nSPS) is 13.1. The van der Waals surface area contributed by atoms with Crippen LogP contribution in [-0.4, -0.2) is 29.3 Å². The van der Waals surface area contributed by atoms with Gasteiger partial charge in [-0.15, -0.1) is 0 Å². The van der Waals surface area contributed by atoms with Crippen molar-refractivity contribution in [1.82, 2.24) is 15.6 Å². The van der Waals surface area contributed by atoms with Gasteiger partial charge < -0.3 is 9.73 Å². The van der Waals surface area contributed by atoms with Gasteiger partial charge in [0.15, 0.2) is 5.82 Å². The fourth-order valence-electron chi connectivity index (χ4n) is 4.37. The number of hydrogen-bond donors (Lipinski definition) is 2. The van der Waals surface area contributed by atoms with Crippen LogP contribution < -0.4 is 5.48 Å². The summed E-state index contributed by atoms with van der Waals surface area (Å²) in [7, 11) is -5.42. The molecule has 0 amide bonds. The molecule has 39 heavy (non-hydrogen) atoms. The number of sulfone groups is 1. The van der Waals surface area contributed by atoms with Crippen molar-refractivity contribution >= 4 is 9.84 Å². The number of alkyl halides is 3. The number of nitrogens with one attached hydrogen (secondary N) is 1. The summed E-state index contributed by atoms with van der Waals surface area (Å²) in [6.45, 7) is 2.22. The molecule has 2 N–H and O–H groups in total. The number of benzene rings is 2. The lowest BCUT2D eigenvalue weighted by molar-refractivity contribution is -0.0436. The van der Waals surface area contributed by atoms with E-state index in [0.29, 0.717) is 28.4 Å². The van der Waals surface area contributed by atoms with Gasteiger partial charge in [0.05, 0.1) is 10.9 Å². The molecule has 3 aromatic rings. The smallest absolute Gasteiger partial charge is 0.334 e. The van der Waals surface area contributed by atoms with Gasteiger partial charge in [-0.05, 0) is 48.2 Å². The van der Waals surface area contributed by atoms with Gasteiger partial charge in [-0.2, -0.15) is 23.6 Å². The molecule has 0 spiro atoms. The van der Waals surface area contributed by atoms with Crippen LogP contribution in [0.5, 0.6) is 0 Å². The second kappa shape index (κ2) is 14.6. The molecule has 0 radical (unpaired) electrons. The lowest BCUT2D eigenvalue weighted by atomic mass is 9.98. The molecule has 0 aliphatic carbocycles. The zero-order valence-corrected chi connectivity index (χ0v) is 22.9. The molecule has 3 rings (SSSR count). The molecular weight excluding hydrogens is 531 g/mol. The fourth-order valence-corrected chi connectivity index (χ4v) is 5.13. The van der Waals surface area contributed by atoms with Gasteiger partial charge in [0, 0.05) is 12.0 Å². The average Bonchev–Trinajstić information content (AvgIpc) is 3.39. The Morgan fingerprint density at radius 1 is 0.949 bits per heavy atom. The quantitative estimate of drug-likeness (QED) is 0.138. The molecule has 1 heterocycles. The van der Waals surface area contributed by atoms with Crippen molar-refractivity contribution < 1.29 is 31.3 Å². The van der Waals surface area contributed by atoms with E-state index in [1.165, 1.54) is 57.1 Å². The summed E-state index contributed by atoms with van der Waals surface area (Å²) >= 11 is 0. The summed E-state index contributed by atoms with van der Waals surface area (Å²) in [5.74, 6) is 1.00. The molecular formula is C28H36F3N3O4S. The highest BCUT2D eigenvalue weighted by Gasteiger charge is 2.46. The zero-order chi connectivity index (χ0) is 28.3. The van der Waals surface area contributed by atoms with Crippen LogP contribution in [0.3, 0.4) is 0 Å². The van der Waals surface area contributed by atoms with Crippen molar-refractivity contribution in [3.05, 3.63) is 65.5 Å². The highest BCUT2D eigenvalue weighted by atomic mass is 32.2. The number of aryl methyl sites for hydroxylation is 1. The van der Waals surface area contributed by atoms with Crippen LogP contribution in [0.1, 0.15) is 87.7 Å². The first-order chi connectivity index (χ1) is 18.7. The maximum atomic E-state index is 12.8. The fraction of sp³-hybridized carbons (Fsp3) is 0.500. The van der Waals surface area contributed by atoms with E-state index in [9.17, 15) is 26.8 Å². The predicted molar refractivity (Wildman–Crippen MR) is 142 cm³/mol. The third kappa shape index (κ3) is 8.87. The van der Waals surface area contributed by atoms with Crippen molar-refractivity contribution in [1.29, 1.82) is 0 Å². The van der Waals surface area contributed by atoms with Crippen LogP contribution in [0.25, 0.3) is 11.5 Å². The van der Waals surface area contributed by atoms with Gasteiger partial charge in [0.2, 0.25) is 0 Å². The number of nitrogens with zero attached hydrogens (tertiary/aromatic N) is 2. The molecule has 7 nitrogen and oxygen atoms in total. The van der Waals surface area contributed by atoms with Crippen LogP contribution in [0.4, 0.5) is 13.2 Å². The van der Waals surface area contributed by atoms with Gasteiger partial charge in [0.25, 0.3) is 15.7 Å². The first-order valence-electron chi connectivity index (χ1n) is 13.4. The van der Waals surface area contributed by atoms with E-state index in [2.05, 4.69) is 22.5 Å². The van der Waals surface area contributed by atoms with Crippen LogP contribution in [-0.2, 0) is 22.7 Å². The Morgan fingerprint density at radius 2 is 1.59 bits per heavy atom. The second-order valence-electron chi connectivity index (χ2n) is 9.70. The average molecular weight is 568 g/mol. The monoisotopic (exact) mass is 567 g/mol. The maximum absolute atomic E-state index is 12.8. The Balaban J connectivity index is 1.56. The van der Waals surface area contributed by atoms with Crippen molar-refractivity contribution in [3.63, 3.8) is 0 Å². The predicted octanol–water partition coefficient (Wildman–Crippen LogP) is 7.37. The third-order valence-corrected chi connectivity index (χ3v) is 8.14. The van der Waals surface area contributed by atoms with Gasteiger partial charge in [-0.1, -0.05) is 87.7 Å². The van der Waals surface area contributed by atoms with Gasteiger partial charge >= 0.3 is 5.51 Å². The largest absolute Gasteiger partial charge is 0.501 e. The standard InChI is InChI=1S/C28H36F3N3O4S/c1-2-3-4-5-6-7-8-9-10-14-26-32-27(38-34-26)23-13-11-12-22(20-23)25(33-35)19-21-15-17-24(18-16-21)39(36,37)28(29,30)31/h11-13,15-18,20,25,33,35H,2-10,14,19H2,1H3. The van der Waals surface area contributed by atoms with Gasteiger partial charge in [0.1, 0.15) is 0 Å². The third-order valence-electron chi connectivity index (χ3n) is 6.64. The molecule has 0 bridgehead atoms. The number of unbranched alkanes of at least 4 members (excludes halogenated alkanes) is 8. The lowest BCUT2D eigenvalue weighted by Crippen LogP contribution is -2.23. The van der Waals surface area contributed by atoms with Gasteiger partial charge in [-0.3, -0.25) is 0 Å². The SMILES string of the molecule is CCCCCCCCCCCc1noc(-c2cccc(C(Cc3ccc(S(=O)(=O)C(F)(F)F)cc3)NO)c2)n1. The van der Waals surface area contributed by atoms with E-state index in [4.69, 9.17) is 4.52 Å². The minimum atomic E-state index is -5.42. The molecule has 1 atom stereocenters. The number of hydrogen-bond acceptors (Lipinski definition) is 7. The topological polar surface area (TPSA) is 105 Å². The Bertz CT molecular complexity index is 1260. The van der Waals surface area contributed by atoms with Crippen LogP contribution in [0, 0.1) is 0 Å².